The molecule has 4 aromatic rings. The molecule has 0 amide bonds. The fraction of sp³-hybridized carbons (Fsp3) is 0.0526. The molecule has 1 aromatic heterocycles. The smallest absolute Gasteiger partial charge is 0.0541 e. The Morgan fingerprint density at radius 1 is 0.714 bits per heavy atom. The van der Waals surface area contributed by atoms with E-state index in [1.54, 1.807) is 0 Å². The summed E-state index contributed by atoms with van der Waals surface area (Å²) in [5, 5.41) is 2.62. The van der Waals surface area contributed by atoms with Crippen molar-refractivity contribution < 1.29 is 0 Å². The summed E-state index contributed by atoms with van der Waals surface area (Å²) < 4.78 is 3.68. The number of aromatic nitrogens is 1. The van der Waals surface area contributed by atoms with Gasteiger partial charge in [0.05, 0.1) is 16.7 Å². The van der Waals surface area contributed by atoms with E-state index in [0.29, 0.717) is 0 Å². The molecule has 3 aromatic carbocycles. The van der Waals surface area contributed by atoms with Gasteiger partial charge >= 0.3 is 0 Å². The van der Waals surface area contributed by atoms with Crippen molar-refractivity contribution in [3.63, 3.8) is 0 Å². The predicted molar refractivity (Wildman–Crippen MR) is 98.2 cm³/mol. The molecule has 0 N–H and O–H groups in total. The Kier molecular flexibility index (Phi) is 3.00. The van der Waals surface area contributed by atoms with E-state index in [9.17, 15) is 0 Å². The molecule has 0 bridgehead atoms. The molecule has 1 nitrogen and oxygen atoms in total. The van der Waals surface area contributed by atoms with Gasteiger partial charge in [-0.2, -0.15) is 0 Å². The van der Waals surface area contributed by atoms with Gasteiger partial charge in [0, 0.05) is 14.3 Å². The van der Waals surface area contributed by atoms with Gasteiger partial charge in [0.15, 0.2) is 0 Å². The summed E-state index contributed by atoms with van der Waals surface area (Å²) in [6, 6.07) is 23.8. The topological polar surface area (TPSA) is 4.93 Å². The average Bonchev–Trinajstić information content (AvgIpc) is 2.85. The second kappa shape index (κ2) is 4.88. The molecule has 1 heterocycles. The third-order valence-corrected chi connectivity index (χ3v) is 5.23. The monoisotopic (exact) mass is 383 g/mol. The van der Waals surface area contributed by atoms with Crippen molar-refractivity contribution in [1.29, 1.82) is 0 Å². The highest BCUT2D eigenvalue weighted by Gasteiger charge is 2.13. The second-order valence-electron chi connectivity index (χ2n) is 5.25. The zero-order valence-electron chi connectivity index (χ0n) is 11.7. The lowest BCUT2D eigenvalue weighted by Crippen LogP contribution is -1.98. The van der Waals surface area contributed by atoms with E-state index >= 15 is 0 Å². The molecule has 102 valence electrons. The first-order valence-electron chi connectivity index (χ1n) is 7.01. The Labute approximate surface area is 137 Å². The maximum atomic E-state index is 2.41. The van der Waals surface area contributed by atoms with Crippen molar-refractivity contribution in [3.05, 3.63) is 75.9 Å². The van der Waals surface area contributed by atoms with Gasteiger partial charge in [0.25, 0.3) is 0 Å². The average molecular weight is 383 g/mol. The third kappa shape index (κ3) is 1.89. The summed E-state index contributed by atoms with van der Waals surface area (Å²) in [4.78, 5) is 0. The molecule has 0 saturated heterocycles. The highest BCUT2D eigenvalue weighted by Crippen LogP contribution is 2.33. The molecule has 0 radical (unpaired) electrons. The standard InChI is InChI=1S/C19H14IN/c1-13-16(20)9-6-12-17(13)21-18-10-4-2-7-14(18)15-8-3-5-11-19(15)21/h2-12H,1H3. The lowest BCUT2D eigenvalue weighted by atomic mass is 10.2. The van der Waals surface area contributed by atoms with Gasteiger partial charge in [-0.3, -0.25) is 0 Å². The molecule has 0 aliphatic carbocycles. The van der Waals surface area contributed by atoms with E-state index in [2.05, 4.69) is 101 Å². The van der Waals surface area contributed by atoms with Crippen LogP contribution >= 0.6 is 22.6 Å². The Morgan fingerprint density at radius 3 is 1.90 bits per heavy atom. The van der Waals surface area contributed by atoms with Crippen LogP contribution < -0.4 is 0 Å². The molecule has 0 atom stereocenters. The summed E-state index contributed by atoms with van der Waals surface area (Å²) in [5.41, 5.74) is 5.12. The van der Waals surface area contributed by atoms with Crippen molar-refractivity contribution in [2.24, 2.45) is 0 Å². The number of hydrogen-bond donors (Lipinski definition) is 0. The quantitative estimate of drug-likeness (QED) is 0.372. The van der Waals surface area contributed by atoms with Gasteiger partial charge in [-0.05, 0) is 59.3 Å². The van der Waals surface area contributed by atoms with Gasteiger partial charge in [-0.1, -0.05) is 42.5 Å². The number of para-hydroxylation sites is 2. The van der Waals surface area contributed by atoms with Crippen LogP contribution in [0.5, 0.6) is 0 Å². The van der Waals surface area contributed by atoms with Crippen LogP contribution in [-0.2, 0) is 0 Å². The molecule has 4 rings (SSSR count). The van der Waals surface area contributed by atoms with Crippen LogP contribution in [-0.4, -0.2) is 4.57 Å². The number of benzene rings is 3. The van der Waals surface area contributed by atoms with Crippen molar-refractivity contribution in [1.82, 2.24) is 4.57 Å². The van der Waals surface area contributed by atoms with E-state index in [1.807, 2.05) is 0 Å². The van der Waals surface area contributed by atoms with Crippen LogP contribution in [0.25, 0.3) is 27.5 Å². The normalized spacial score (nSPS) is 11.3. The van der Waals surface area contributed by atoms with Gasteiger partial charge in [0.1, 0.15) is 0 Å². The van der Waals surface area contributed by atoms with Gasteiger partial charge < -0.3 is 4.57 Å². The van der Waals surface area contributed by atoms with Crippen molar-refractivity contribution in [2.45, 2.75) is 6.92 Å². The largest absolute Gasteiger partial charge is 0.309 e. The first kappa shape index (κ1) is 12.9. The first-order valence-corrected chi connectivity index (χ1v) is 8.09. The molecule has 0 spiro atoms. The number of fused-ring (bicyclic) bond motifs is 3. The Balaban J connectivity index is 2.23. The van der Waals surface area contributed by atoms with E-state index < -0.39 is 0 Å². The van der Waals surface area contributed by atoms with E-state index in [-0.39, 0.29) is 0 Å². The van der Waals surface area contributed by atoms with Crippen LogP contribution in [0.3, 0.4) is 0 Å². The Bertz CT molecular complexity index is 913. The molecule has 0 fully saturated rings. The van der Waals surface area contributed by atoms with Crippen LogP contribution in [0.2, 0.25) is 0 Å². The minimum atomic E-state index is 1.26. The van der Waals surface area contributed by atoms with Crippen molar-refractivity contribution >= 4 is 44.4 Å². The minimum Gasteiger partial charge on any atom is -0.309 e. The van der Waals surface area contributed by atoms with Crippen molar-refractivity contribution in [3.8, 4) is 5.69 Å². The van der Waals surface area contributed by atoms with Crippen LogP contribution in [0.15, 0.2) is 66.7 Å². The zero-order chi connectivity index (χ0) is 14.4. The van der Waals surface area contributed by atoms with Gasteiger partial charge in [-0.15, -0.1) is 0 Å². The SMILES string of the molecule is Cc1c(I)cccc1-n1c2ccccc2c2ccccc21. The molecular formula is C19H14IN. The van der Waals surface area contributed by atoms with Crippen molar-refractivity contribution in [2.75, 3.05) is 0 Å². The van der Waals surface area contributed by atoms with E-state index in [1.165, 1.54) is 36.6 Å². The minimum absolute atomic E-state index is 1.26. The van der Waals surface area contributed by atoms with E-state index in [4.69, 9.17) is 0 Å². The Hall–Kier alpha value is -1.81. The maximum absolute atomic E-state index is 2.41. The van der Waals surface area contributed by atoms with Crippen LogP contribution in [0.1, 0.15) is 5.56 Å². The summed E-state index contributed by atoms with van der Waals surface area (Å²) in [5.74, 6) is 0. The zero-order valence-corrected chi connectivity index (χ0v) is 13.8. The highest BCUT2D eigenvalue weighted by molar-refractivity contribution is 14.1. The summed E-state index contributed by atoms with van der Waals surface area (Å²) >= 11 is 2.41. The van der Waals surface area contributed by atoms with Crippen LogP contribution in [0.4, 0.5) is 0 Å². The lowest BCUT2D eigenvalue weighted by Gasteiger charge is -2.12. The fourth-order valence-electron chi connectivity index (χ4n) is 3.02. The lowest BCUT2D eigenvalue weighted by molar-refractivity contribution is 1.14. The second-order valence-corrected chi connectivity index (χ2v) is 6.42. The highest BCUT2D eigenvalue weighted by atomic mass is 127. The van der Waals surface area contributed by atoms with Gasteiger partial charge in [0.2, 0.25) is 0 Å². The first-order chi connectivity index (χ1) is 10.3. The Morgan fingerprint density at radius 2 is 1.29 bits per heavy atom. The molecule has 2 heteroatoms. The number of halogens is 1. The summed E-state index contributed by atoms with van der Waals surface area (Å²) in [6.45, 7) is 2.20. The molecule has 0 aliphatic heterocycles. The van der Waals surface area contributed by atoms with Crippen LogP contribution in [0, 0.1) is 10.5 Å². The number of hydrogen-bond acceptors (Lipinski definition) is 0. The fourth-order valence-corrected chi connectivity index (χ4v) is 3.50. The summed E-state index contributed by atoms with van der Waals surface area (Å²) in [7, 11) is 0. The third-order valence-electron chi connectivity index (χ3n) is 4.06. The maximum Gasteiger partial charge on any atom is 0.0541 e. The molecule has 21 heavy (non-hydrogen) atoms. The molecule has 0 saturated carbocycles. The summed E-state index contributed by atoms with van der Waals surface area (Å²) in [6.07, 6.45) is 0. The van der Waals surface area contributed by atoms with Gasteiger partial charge in [-0.25, -0.2) is 0 Å². The predicted octanol–water partition coefficient (Wildman–Crippen LogP) is 5.70. The van der Waals surface area contributed by atoms with E-state index in [0.717, 1.165) is 0 Å². The molecular weight excluding hydrogens is 369 g/mol. The number of nitrogens with zero attached hydrogens (tertiary/aromatic N) is 1. The number of rotatable bonds is 1. The molecule has 0 unspecified atom stereocenters. The molecule has 0 aliphatic rings.